The summed E-state index contributed by atoms with van der Waals surface area (Å²) in [5.41, 5.74) is 0.726. The molecule has 142 valence electrons. The number of carbonyl (C=O) groups is 3. The molecule has 1 amide bonds. The normalized spacial score (nSPS) is 15.0. The van der Waals surface area contributed by atoms with Crippen LogP contribution in [0.3, 0.4) is 0 Å². The standard InChI is InChI=1S/C19H26N2O5/c1-25-18(23)13-9-14(19(24)26-2)11-16(10-13)21-17(22)12-20-15-7-5-3-4-6-8-15/h9-11,15,20H,3-8,12H2,1-2H3,(H,21,22)/p+1. The minimum Gasteiger partial charge on any atom is -0.465 e. The fourth-order valence-corrected chi connectivity index (χ4v) is 3.20. The van der Waals surface area contributed by atoms with Crippen LogP contribution in [-0.2, 0) is 14.3 Å². The van der Waals surface area contributed by atoms with Gasteiger partial charge in [-0.1, -0.05) is 12.8 Å². The fourth-order valence-electron chi connectivity index (χ4n) is 3.20. The van der Waals surface area contributed by atoms with E-state index in [1.807, 2.05) is 0 Å². The molecule has 0 saturated heterocycles. The number of ether oxygens (including phenoxy) is 2. The van der Waals surface area contributed by atoms with Crippen molar-refractivity contribution in [2.45, 2.75) is 44.6 Å². The summed E-state index contributed by atoms with van der Waals surface area (Å²) in [4.78, 5) is 35.8. The van der Waals surface area contributed by atoms with E-state index in [1.165, 1.54) is 58.1 Å². The average Bonchev–Trinajstić information content (AvgIpc) is 2.93. The Morgan fingerprint density at radius 1 is 0.962 bits per heavy atom. The van der Waals surface area contributed by atoms with Crippen molar-refractivity contribution in [3.63, 3.8) is 0 Å². The van der Waals surface area contributed by atoms with Gasteiger partial charge in [0.25, 0.3) is 5.91 Å². The van der Waals surface area contributed by atoms with Crippen LogP contribution >= 0.6 is 0 Å². The van der Waals surface area contributed by atoms with Gasteiger partial charge >= 0.3 is 11.9 Å². The monoisotopic (exact) mass is 363 g/mol. The number of quaternary nitrogens is 1. The minimum absolute atomic E-state index is 0.174. The maximum atomic E-state index is 12.3. The van der Waals surface area contributed by atoms with E-state index in [0.717, 1.165) is 12.8 Å². The van der Waals surface area contributed by atoms with Crippen LogP contribution in [0.25, 0.3) is 0 Å². The van der Waals surface area contributed by atoms with Crippen LogP contribution in [0.4, 0.5) is 5.69 Å². The molecule has 1 aliphatic carbocycles. The van der Waals surface area contributed by atoms with Crippen molar-refractivity contribution in [2.24, 2.45) is 0 Å². The molecule has 7 heteroatoms. The Kier molecular flexibility index (Phi) is 7.59. The second kappa shape index (κ2) is 9.91. The maximum Gasteiger partial charge on any atom is 0.337 e. The molecule has 1 saturated carbocycles. The number of methoxy groups -OCH3 is 2. The van der Waals surface area contributed by atoms with Crippen molar-refractivity contribution < 1.29 is 29.2 Å². The van der Waals surface area contributed by atoms with Gasteiger partial charge in [0.05, 0.1) is 31.4 Å². The highest BCUT2D eigenvalue weighted by Crippen LogP contribution is 2.17. The summed E-state index contributed by atoms with van der Waals surface area (Å²) in [5, 5.41) is 4.83. The molecule has 0 spiro atoms. The number of amides is 1. The zero-order valence-corrected chi connectivity index (χ0v) is 15.4. The van der Waals surface area contributed by atoms with Crippen LogP contribution < -0.4 is 10.6 Å². The van der Waals surface area contributed by atoms with Gasteiger partial charge in [-0.3, -0.25) is 4.79 Å². The first kappa shape index (κ1) is 19.9. The van der Waals surface area contributed by atoms with Gasteiger partial charge in [-0.2, -0.15) is 0 Å². The van der Waals surface area contributed by atoms with Gasteiger partial charge in [-0.15, -0.1) is 0 Å². The molecule has 1 fully saturated rings. The number of benzene rings is 1. The maximum absolute atomic E-state index is 12.3. The van der Waals surface area contributed by atoms with Gasteiger partial charge in [0, 0.05) is 5.69 Å². The molecular weight excluding hydrogens is 336 g/mol. The summed E-state index contributed by atoms with van der Waals surface area (Å²) < 4.78 is 9.39. The molecule has 1 aromatic carbocycles. The number of nitrogens with two attached hydrogens (primary N) is 1. The molecule has 0 heterocycles. The Balaban J connectivity index is 2.02. The summed E-state index contributed by atoms with van der Waals surface area (Å²) in [6.07, 6.45) is 7.24. The van der Waals surface area contributed by atoms with Crippen LogP contribution in [0.5, 0.6) is 0 Å². The number of hydrogen-bond donors (Lipinski definition) is 2. The second-order valence-electron chi connectivity index (χ2n) is 6.52. The van der Waals surface area contributed by atoms with E-state index in [-0.39, 0.29) is 17.0 Å². The first-order valence-corrected chi connectivity index (χ1v) is 8.98. The zero-order valence-electron chi connectivity index (χ0n) is 15.4. The van der Waals surface area contributed by atoms with E-state index in [1.54, 1.807) is 0 Å². The van der Waals surface area contributed by atoms with Crippen molar-refractivity contribution in [1.29, 1.82) is 0 Å². The van der Waals surface area contributed by atoms with Crippen molar-refractivity contribution in [3.8, 4) is 0 Å². The van der Waals surface area contributed by atoms with Crippen LogP contribution in [0, 0.1) is 0 Å². The number of nitrogens with one attached hydrogen (secondary N) is 1. The quantitative estimate of drug-likeness (QED) is 0.589. The smallest absolute Gasteiger partial charge is 0.337 e. The lowest BCUT2D eigenvalue weighted by Gasteiger charge is -2.13. The second-order valence-corrected chi connectivity index (χ2v) is 6.52. The Hall–Kier alpha value is -2.41. The minimum atomic E-state index is -0.587. The topological polar surface area (TPSA) is 98.3 Å². The molecule has 0 radical (unpaired) electrons. The summed E-state index contributed by atoms with van der Waals surface area (Å²) in [5.74, 6) is -1.35. The van der Waals surface area contributed by atoms with Crippen molar-refractivity contribution in [2.75, 3.05) is 26.1 Å². The lowest BCUT2D eigenvalue weighted by atomic mass is 10.1. The fraction of sp³-hybridized carbons (Fsp3) is 0.526. The third-order valence-electron chi connectivity index (χ3n) is 4.60. The molecular formula is C19H27N2O5+. The third-order valence-corrected chi connectivity index (χ3v) is 4.60. The summed E-state index contributed by atoms with van der Waals surface area (Å²) >= 11 is 0. The molecule has 0 aromatic heterocycles. The molecule has 1 aromatic rings. The van der Waals surface area contributed by atoms with E-state index >= 15 is 0 Å². The van der Waals surface area contributed by atoms with Gasteiger partial charge in [0.2, 0.25) is 0 Å². The van der Waals surface area contributed by atoms with Crippen molar-refractivity contribution in [1.82, 2.24) is 0 Å². The van der Waals surface area contributed by atoms with E-state index in [9.17, 15) is 14.4 Å². The predicted octanol–water partition coefficient (Wildman–Crippen LogP) is 1.48. The van der Waals surface area contributed by atoms with E-state index in [2.05, 4.69) is 10.6 Å². The lowest BCUT2D eigenvalue weighted by Crippen LogP contribution is -2.91. The number of hydrogen-bond acceptors (Lipinski definition) is 5. The van der Waals surface area contributed by atoms with Crippen molar-refractivity contribution >= 4 is 23.5 Å². The Labute approximate surface area is 153 Å². The largest absolute Gasteiger partial charge is 0.465 e. The van der Waals surface area contributed by atoms with Gasteiger partial charge in [0.15, 0.2) is 6.54 Å². The molecule has 2 rings (SSSR count). The van der Waals surface area contributed by atoms with Crippen molar-refractivity contribution in [3.05, 3.63) is 29.3 Å². The molecule has 26 heavy (non-hydrogen) atoms. The Morgan fingerprint density at radius 3 is 2.00 bits per heavy atom. The van der Waals surface area contributed by atoms with Gasteiger partial charge in [-0.05, 0) is 43.9 Å². The Morgan fingerprint density at radius 2 is 1.50 bits per heavy atom. The summed E-state index contributed by atoms with van der Waals surface area (Å²) in [6.45, 7) is 0.306. The highest BCUT2D eigenvalue weighted by molar-refractivity contribution is 5.99. The molecule has 0 bridgehead atoms. The average molecular weight is 363 g/mol. The van der Waals surface area contributed by atoms with Gasteiger partial charge in [0.1, 0.15) is 0 Å². The first-order valence-electron chi connectivity index (χ1n) is 8.98. The number of rotatable bonds is 6. The number of carbonyl (C=O) groups excluding carboxylic acids is 3. The van der Waals surface area contributed by atoms with Crippen LogP contribution in [-0.4, -0.2) is 44.7 Å². The van der Waals surface area contributed by atoms with E-state index in [0.29, 0.717) is 18.3 Å². The summed E-state index contributed by atoms with van der Waals surface area (Å²) in [6, 6.07) is 4.84. The molecule has 7 nitrogen and oxygen atoms in total. The molecule has 0 aliphatic heterocycles. The van der Waals surface area contributed by atoms with Crippen LogP contribution in [0.15, 0.2) is 18.2 Å². The first-order chi connectivity index (χ1) is 12.5. The van der Waals surface area contributed by atoms with E-state index in [4.69, 9.17) is 9.47 Å². The number of esters is 2. The van der Waals surface area contributed by atoms with Gasteiger partial charge < -0.3 is 20.1 Å². The SMILES string of the molecule is COC(=O)c1cc(NC(=O)C[NH2+]C2CCCCCC2)cc(C(=O)OC)c1. The summed E-state index contributed by atoms with van der Waals surface area (Å²) in [7, 11) is 2.51. The van der Waals surface area contributed by atoms with Crippen LogP contribution in [0.2, 0.25) is 0 Å². The molecule has 0 atom stereocenters. The van der Waals surface area contributed by atoms with Crippen LogP contribution in [0.1, 0.15) is 59.2 Å². The van der Waals surface area contributed by atoms with E-state index < -0.39 is 11.9 Å². The molecule has 3 N–H and O–H groups in total. The highest BCUT2D eigenvalue weighted by atomic mass is 16.5. The lowest BCUT2D eigenvalue weighted by molar-refractivity contribution is -0.680. The Bertz CT molecular complexity index is 617. The predicted molar refractivity (Wildman–Crippen MR) is 96.0 cm³/mol. The highest BCUT2D eigenvalue weighted by Gasteiger charge is 2.18. The third kappa shape index (κ3) is 5.84. The zero-order chi connectivity index (χ0) is 18.9. The molecule has 1 aliphatic rings. The van der Waals surface area contributed by atoms with Gasteiger partial charge in [-0.25, -0.2) is 9.59 Å². The number of anilines is 1. The molecule has 0 unspecified atom stereocenters.